The van der Waals surface area contributed by atoms with E-state index in [-0.39, 0.29) is 17.9 Å². The average molecular weight is 405 g/mol. The number of rotatable bonds is 4. The second-order valence-corrected chi connectivity index (χ2v) is 8.47. The highest BCUT2D eigenvalue weighted by molar-refractivity contribution is 6.30. The Balaban J connectivity index is 1.35. The molecule has 1 unspecified atom stereocenters. The SMILES string of the molecule is O=C1NCCN(C2CCCC2)C1CC(=O)N1CCN(c2cccc(Cl)c2)CC1. The van der Waals surface area contributed by atoms with Crippen molar-refractivity contribution in [2.75, 3.05) is 44.2 Å². The molecule has 0 bridgehead atoms. The number of nitrogens with one attached hydrogen (secondary N) is 1. The summed E-state index contributed by atoms with van der Waals surface area (Å²) in [6.07, 6.45) is 5.05. The molecule has 1 atom stereocenters. The number of carbonyl (C=O) groups excluding carboxylic acids is 2. The molecule has 7 heteroatoms. The maximum Gasteiger partial charge on any atom is 0.237 e. The lowest BCUT2D eigenvalue weighted by atomic mass is 10.0. The van der Waals surface area contributed by atoms with E-state index < -0.39 is 0 Å². The molecule has 0 spiro atoms. The van der Waals surface area contributed by atoms with Gasteiger partial charge in [0.15, 0.2) is 0 Å². The van der Waals surface area contributed by atoms with Gasteiger partial charge in [0.05, 0.1) is 12.5 Å². The first-order valence-electron chi connectivity index (χ1n) is 10.4. The van der Waals surface area contributed by atoms with Crippen LogP contribution >= 0.6 is 11.6 Å². The Morgan fingerprint density at radius 2 is 1.86 bits per heavy atom. The Bertz CT molecular complexity index is 714. The minimum Gasteiger partial charge on any atom is -0.368 e. The number of hydrogen-bond acceptors (Lipinski definition) is 4. The molecule has 3 fully saturated rings. The van der Waals surface area contributed by atoms with Crippen molar-refractivity contribution in [3.8, 4) is 0 Å². The topological polar surface area (TPSA) is 55.9 Å². The number of benzene rings is 1. The van der Waals surface area contributed by atoms with Gasteiger partial charge >= 0.3 is 0 Å². The first kappa shape index (κ1) is 19.5. The van der Waals surface area contributed by atoms with Gasteiger partial charge in [-0.1, -0.05) is 30.5 Å². The van der Waals surface area contributed by atoms with Crippen LogP contribution in [-0.2, 0) is 9.59 Å². The third-order valence-corrected chi connectivity index (χ3v) is 6.57. The van der Waals surface area contributed by atoms with Crippen LogP contribution in [0.2, 0.25) is 5.02 Å². The number of piperazine rings is 2. The molecule has 28 heavy (non-hydrogen) atoms. The zero-order valence-electron chi connectivity index (χ0n) is 16.3. The smallest absolute Gasteiger partial charge is 0.237 e. The molecule has 4 rings (SSSR count). The first-order valence-corrected chi connectivity index (χ1v) is 10.8. The van der Waals surface area contributed by atoms with Crippen LogP contribution in [0.3, 0.4) is 0 Å². The predicted octanol–water partition coefficient (Wildman–Crippen LogP) is 2.12. The third kappa shape index (κ3) is 4.28. The van der Waals surface area contributed by atoms with E-state index in [1.165, 1.54) is 12.8 Å². The summed E-state index contributed by atoms with van der Waals surface area (Å²) in [5, 5.41) is 3.68. The standard InChI is InChI=1S/C21H29ClN4O2/c22-16-4-3-7-18(14-16)24-10-12-25(13-11-24)20(27)15-19-21(28)23-8-9-26(19)17-5-1-2-6-17/h3-4,7,14,17,19H,1-2,5-6,8-13,15H2,(H,23,28). The summed E-state index contributed by atoms with van der Waals surface area (Å²) in [7, 11) is 0. The molecule has 2 amide bonds. The van der Waals surface area contributed by atoms with Gasteiger partial charge < -0.3 is 15.1 Å². The average Bonchev–Trinajstić information content (AvgIpc) is 3.24. The lowest BCUT2D eigenvalue weighted by molar-refractivity contribution is -0.140. The molecule has 1 aliphatic carbocycles. The van der Waals surface area contributed by atoms with Crippen LogP contribution in [0.5, 0.6) is 0 Å². The van der Waals surface area contributed by atoms with Crippen LogP contribution < -0.4 is 10.2 Å². The second kappa shape index (κ2) is 8.70. The zero-order chi connectivity index (χ0) is 19.5. The molecule has 2 saturated heterocycles. The lowest BCUT2D eigenvalue weighted by Gasteiger charge is -2.41. The maximum absolute atomic E-state index is 12.9. The van der Waals surface area contributed by atoms with Gasteiger partial charge in [-0.25, -0.2) is 0 Å². The molecular formula is C21H29ClN4O2. The molecule has 6 nitrogen and oxygen atoms in total. The van der Waals surface area contributed by atoms with Crippen LogP contribution in [0.15, 0.2) is 24.3 Å². The van der Waals surface area contributed by atoms with E-state index in [2.05, 4.69) is 21.2 Å². The van der Waals surface area contributed by atoms with Crippen molar-refractivity contribution < 1.29 is 9.59 Å². The summed E-state index contributed by atoms with van der Waals surface area (Å²) in [6.45, 7) is 4.49. The summed E-state index contributed by atoms with van der Waals surface area (Å²) in [5.74, 6) is 0.111. The van der Waals surface area contributed by atoms with Crippen molar-refractivity contribution in [1.29, 1.82) is 0 Å². The van der Waals surface area contributed by atoms with Crippen LogP contribution in [0.4, 0.5) is 5.69 Å². The molecular weight excluding hydrogens is 376 g/mol. The predicted molar refractivity (Wildman–Crippen MR) is 111 cm³/mol. The Hall–Kier alpha value is -1.79. The Kier molecular flexibility index (Phi) is 6.07. The fourth-order valence-corrected chi connectivity index (χ4v) is 4.98. The largest absolute Gasteiger partial charge is 0.368 e. The molecule has 1 aromatic carbocycles. The summed E-state index contributed by atoms with van der Waals surface area (Å²) in [5.41, 5.74) is 1.10. The van der Waals surface area contributed by atoms with Gasteiger partial charge in [-0.3, -0.25) is 14.5 Å². The molecule has 1 N–H and O–H groups in total. The van der Waals surface area contributed by atoms with E-state index in [0.717, 1.165) is 43.2 Å². The van der Waals surface area contributed by atoms with E-state index in [4.69, 9.17) is 11.6 Å². The zero-order valence-corrected chi connectivity index (χ0v) is 17.0. The number of amides is 2. The van der Waals surface area contributed by atoms with Gasteiger partial charge in [0.2, 0.25) is 11.8 Å². The molecule has 1 saturated carbocycles. The third-order valence-electron chi connectivity index (χ3n) is 6.34. The van der Waals surface area contributed by atoms with E-state index in [0.29, 0.717) is 32.1 Å². The van der Waals surface area contributed by atoms with Crippen molar-refractivity contribution in [2.24, 2.45) is 0 Å². The second-order valence-electron chi connectivity index (χ2n) is 8.03. The van der Waals surface area contributed by atoms with Crippen molar-refractivity contribution >= 4 is 29.1 Å². The first-order chi connectivity index (χ1) is 13.6. The molecule has 0 aromatic heterocycles. The van der Waals surface area contributed by atoms with Gasteiger partial charge in [-0.2, -0.15) is 0 Å². The van der Waals surface area contributed by atoms with E-state index in [1.54, 1.807) is 0 Å². The number of carbonyl (C=O) groups is 2. The highest BCUT2D eigenvalue weighted by Crippen LogP contribution is 2.27. The fourth-order valence-electron chi connectivity index (χ4n) is 4.80. The van der Waals surface area contributed by atoms with Crippen molar-refractivity contribution in [1.82, 2.24) is 15.1 Å². The number of nitrogens with zero attached hydrogens (tertiary/aromatic N) is 3. The molecule has 2 heterocycles. The fraction of sp³-hybridized carbons (Fsp3) is 0.619. The van der Waals surface area contributed by atoms with E-state index in [9.17, 15) is 9.59 Å². The highest BCUT2D eigenvalue weighted by Gasteiger charge is 2.37. The molecule has 152 valence electrons. The van der Waals surface area contributed by atoms with Crippen molar-refractivity contribution in [3.63, 3.8) is 0 Å². The Labute approximate surface area is 171 Å². The number of anilines is 1. The minimum absolute atomic E-state index is 0.0177. The van der Waals surface area contributed by atoms with Crippen molar-refractivity contribution in [3.05, 3.63) is 29.3 Å². The Morgan fingerprint density at radius 3 is 2.57 bits per heavy atom. The summed E-state index contributed by atoms with van der Waals surface area (Å²) < 4.78 is 0. The summed E-state index contributed by atoms with van der Waals surface area (Å²) in [4.78, 5) is 31.9. The summed E-state index contributed by atoms with van der Waals surface area (Å²) >= 11 is 6.10. The maximum atomic E-state index is 12.9. The van der Waals surface area contributed by atoms with Crippen LogP contribution in [0, 0.1) is 0 Å². The highest BCUT2D eigenvalue weighted by atomic mass is 35.5. The van der Waals surface area contributed by atoms with Crippen molar-refractivity contribution in [2.45, 2.75) is 44.2 Å². The van der Waals surface area contributed by atoms with Gasteiger partial charge in [-0.15, -0.1) is 0 Å². The van der Waals surface area contributed by atoms with E-state index in [1.807, 2.05) is 23.1 Å². The molecule has 3 aliphatic rings. The van der Waals surface area contributed by atoms with Crippen LogP contribution in [0.1, 0.15) is 32.1 Å². The minimum atomic E-state index is -0.310. The van der Waals surface area contributed by atoms with Gasteiger partial charge in [0.1, 0.15) is 0 Å². The van der Waals surface area contributed by atoms with Gasteiger partial charge in [0.25, 0.3) is 0 Å². The van der Waals surface area contributed by atoms with Gasteiger partial charge in [-0.05, 0) is 31.0 Å². The van der Waals surface area contributed by atoms with Crippen LogP contribution in [0.25, 0.3) is 0 Å². The Morgan fingerprint density at radius 1 is 1.11 bits per heavy atom. The quantitative estimate of drug-likeness (QED) is 0.835. The van der Waals surface area contributed by atoms with Gasteiger partial charge in [0, 0.05) is 56.0 Å². The van der Waals surface area contributed by atoms with Crippen LogP contribution in [-0.4, -0.2) is 73.0 Å². The number of hydrogen-bond donors (Lipinski definition) is 1. The molecule has 2 aliphatic heterocycles. The molecule has 0 radical (unpaired) electrons. The normalized spacial score (nSPS) is 24.5. The molecule has 1 aromatic rings. The van der Waals surface area contributed by atoms with E-state index >= 15 is 0 Å². The monoisotopic (exact) mass is 404 g/mol. The summed E-state index contributed by atoms with van der Waals surface area (Å²) in [6, 6.07) is 7.99. The number of halogens is 1. The lowest BCUT2D eigenvalue weighted by Crippen LogP contribution is -2.59.